The van der Waals surface area contributed by atoms with E-state index in [1.54, 1.807) is 6.08 Å². The number of ether oxygens (including phenoxy) is 1. The van der Waals surface area contributed by atoms with E-state index in [2.05, 4.69) is 43.5 Å². The molecule has 6 heteroatoms. The minimum Gasteiger partial charge on any atom is -0.466 e. The number of hydrogen-bond acceptors (Lipinski definition) is 5. The molecule has 0 aromatic rings. The van der Waals surface area contributed by atoms with Crippen LogP contribution in [0.3, 0.4) is 0 Å². The van der Waals surface area contributed by atoms with Gasteiger partial charge in [0.2, 0.25) is 5.91 Å². The second-order valence-corrected chi connectivity index (χ2v) is 23.5. The summed E-state index contributed by atoms with van der Waals surface area (Å²) in [5, 5.41) is 23.2. The lowest BCUT2D eigenvalue weighted by Crippen LogP contribution is -2.45. The Bertz CT molecular complexity index is 1230. The van der Waals surface area contributed by atoms with E-state index in [0.717, 1.165) is 51.4 Å². The molecule has 0 heterocycles. The van der Waals surface area contributed by atoms with Gasteiger partial charge in [-0.2, -0.15) is 0 Å². The normalized spacial score (nSPS) is 12.7. The molecule has 0 spiro atoms. The van der Waals surface area contributed by atoms with Crippen molar-refractivity contribution in [2.24, 2.45) is 0 Å². The third kappa shape index (κ3) is 61.3. The van der Waals surface area contributed by atoms with Crippen molar-refractivity contribution in [3.63, 3.8) is 0 Å². The molecule has 3 N–H and O–H groups in total. The largest absolute Gasteiger partial charge is 0.466 e. The van der Waals surface area contributed by atoms with Crippen LogP contribution < -0.4 is 5.32 Å². The highest BCUT2D eigenvalue weighted by molar-refractivity contribution is 5.76. The molecule has 6 nitrogen and oxygen atoms in total. The van der Waals surface area contributed by atoms with Gasteiger partial charge in [-0.1, -0.05) is 333 Å². The summed E-state index contributed by atoms with van der Waals surface area (Å²) in [5.74, 6) is -0.0613. The standard InChI is InChI=1S/C70H133NO5/c1-3-5-7-9-11-13-15-17-19-21-23-27-30-34-38-42-46-50-54-58-62-68(73)67(66-72)71-69(74)63-59-55-51-47-43-39-35-31-28-25-24-26-29-33-37-41-45-49-53-57-61-65-76-70(75)64-60-56-52-48-44-40-36-32-22-20-18-16-14-12-10-8-6-4-2/h14,16,20,22,58,62,67-68,72-73H,3-13,15,17-19,21,23-57,59-61,63-66H2,1-2H3,(H,71,74)/b16-14-,22-20-,62-58+. The summed E-state index contributed by atoms with van der Waals surface area (Å²) >= 11 is 0. The summed E-state index contributed by atoms with van der Waals surface area (Å²) in [6.07, 6.45) is 83.4. The average molecular weight is 1070 g/mol. The van der Waals surface area contributed by atoms with Crippen LogP contribution in [0.25, 0.3) is 0 Å². The van der Waals surface area contributed by atoms with Crippen LogP contribution in [0.15, 0.2) is 36.5 Å². The summed E-state index contributed by atoms with van der Waals surface area (Å²) in [4.78, 5) is 24.6. The van der Waals surface area contributed by atoms with Crippen LogP contribution in [0.5, 0.6) is 0 Å². The Morgan fingerprint density at radius 3 is 1.01 bits per heavy atom. The molecule has 0 rings (SSSR count). The van der Waals surface area contributed by atoms with E-state index in [1.807, 2.05) is 6.08 Å². The van der Waals surface area contributed by atoms with Gasteiger partial charge in [0.05, 0.1) is 25.4 Å². The van der Waals surface area contributed by atoms with Gasteiger partial charge < -0.3 is 20.3 Å². The zero-order valence-electron chi connectivity index (χ0n) is 51.3. The van der Waals surface area contributed by atoms with E-state index in [4.69, 9.17) is 4.74 Å². The molecule has 0 aliphatic carbocycles. The number of allylic oxidation sites excluding steroid dienone is 5. The zero-order valence-corrected chi connectivity index (χ0v) is 51.3. The molecule has 0 radical (unpaired) electrons. The maximum Gasteiger partial charge on any atom is 0.305 e. The number of rotatable bonds is 64. The highest BCUT2D eigenvalue weighted by Gasteiger charge is 2.18. The van der Waals surface area contributed by atoms with E-state index in [0.29, 0.717) is 19.4 Å². The molecule has 76 heavy (non-hydrogen) atoms. The Balaban J connectivity index is 3.41. The van der Waals surface area contributed by atoms with Gasteiger partial charge in [0.15, 0.2) is 0 Å². The van der Waals surface area contributed by atoms with Crippen LogP contribution in [0.2, 0.25) is 0 Å². The van der Waals surface area contributed by atoms with Crippen molar-refractivity contribution in [2.45, 2.75) is 386 Å². The van der Waals surface area contributed by atoms with Gasteiger partial charge in [0, 0.05) is 12.8 Å². The lowest BCUT2D eigenvalue weighted by molar-refractivity contribution is -0.143. The van der Waals surface area contributed by atoms with Crippen LogP contribution in [0, 0.1) is 0 Å². The molecular formula is C70H133NO5. The Labute approximate surface area is 474 Å². The molecule has 0 aromatic heterocycles. The van der Waals surface area contributed by atoms with E-state index in [-0.39, 0.29) is 18.5 Å². The molecule has 2 atom stereocenters. The Hall–Kier alpha value is -1.92. The van der Waals surface area contributed by atoms with E-state index in [9.17, 15) is 19.8 Å². The molecule has 0 saturated carbocycles. The molecular weight excluding hydrogens is 935 g/mol. The lowest BCUT2D eigenvalue weighted by Gasteiger charge is -2.20. The van der Waals surface area contributed by atoms with Crippen LogP contribution in [-0.4, -0.2) is 47.4 Å². The molecule has 0 aliphatic heterocycles. The van der Waals surface area contributed by atoms with E-state index >= 15 is 0 Å². The fourth-order valence-corrected chi connectivity index (χ4v) is 10.7. The first-order valence-corrected chi connectivity index (χ1v) is 34.3. The lowest BCUT2D eigenvalue weighted by atomic mass is 10.0. The number of carbonyl (C=O) groups excluding carboxylic acids is 2. The van der Waals surface area contributed by atoms with Gasteiger partial charge >= 0.3 is 5.97 Å². The number of amides is 1. The van der Waals surface area contributed by atoms with Crippen molar-refractivity contribution in [1.29, 1.82) is 0 Å². The molecule has 448 valence electrons. The van der Waals surface area contributed by atoms with Crippen LogP contribution >= 0.6 is 0 Å². The van der Waals surface area contributed by atoms with Gasteiger partial charge in [0.1, 0.15) is 0 Å². The highest BCUT2D eigenvalue weighted by atomic mass is 16.5. The molecule has 0 bridgehead atoms. The Kier molecular flexibility index (Phi) is 63.9. The van der Waals surface area contributed by atoms with Crippen LogP contribution in [0.4, 0.5) is 0 Å². The van der Waals surface area contributed by atoms with Gasteiger partial charge in [-0.05, 0) is 64.2 Å². The second-order valence-electron chi connectivity index (χ2n) is 23.5. The van der Waals surface area contributed by atoms with Crippen molar-refractivity contribution in [3.05, 3.63) is 36.5 Å². The third-order valence-electron chi connectivity index (χ3n) is 15.9. The van der Waals surface area contributed by atoms with Crippen molar-refractivity contribution < 1.29 is 24.5 Å². The summed E-state index contributed by atoms with van der Waals surface area (Å²) < 4.78 is 5.50. The summed E-state index contributed by atoms with van der Waals surface area (Å²) in [6.45, 7) is 4.91. The fraction of sp³-hybridized carbons (Fsp3) is 0.886. The average Bonchev–Trinajstić information content (AvgIpc) is 3.42. The molecule has 0 aliphatic rings. The topological polar surface area (TPSA) is 95.9 Å². The minimum absolute atomic E-state index is 0.00459. The zero-order chi connectivity index (χ0) is 55.0. The van der Waals surface area contributed by atoms with Crippen molar-refractivity contribution in [1.82, 2.24) is 5.32 Å². The van der Waals surface area contributed by atoms with E-state index in [1.165, 1.54) is 295 Å². The first kappa shape index (κ1) is 74.1. The van der Waals surface area contributed by atoms with E-state index < -0.39 is 12.1 Å². The van der Waals surface area contributed by atoms with Gasteiger partial charge in [-0.25, -0.2) is 0 Å². The predicted octanol–water partition coefficient (Wildman–Crippen LogP) is 21.9. The second kappa shape index (κ2) is 65.6. The molecule has 0 fully saturated rings. The summed E-state index contributed by atoms with van der Waals surface area (Å²) in [6, 6.07) is -0.630. The molecule has 2 unspecified atom stereocenters. The number of unbranched alkanes of at least 4 members (excludes halogenated alkanes) is 49. The van der Waals surface area contributed by atoms with Crippen molar-refractivity contribution >= 4 is 11.9 Å². The van der Waals surface area contributed by atoms with Gasteiger partial charge in [-0.3, -0.25) is 9.59 Å². The van der Waals surface area contributed by atoms with Gasteiger partial charge in [-0.15, -0.1) is 0 Å². The van der Waals surface area contributed by atoms with Gasteiger partial charge in [0.25, 0.3) is 0 Å². The summed E-state index contributed by atoms with van der Waals surface area (Å²) in [5.41, 5.74) is 0. The predicted molar refractivity (Wildman–Crippen MR) is 333 cm³/mol. The molecule has 0 saturated heterocycles. The first-order valence-electron chi connectivity index (χ1n) is 34.3. The maximum atomic E-state index is 12.5. The fourth-order valence-electron chi connectivity index (χ4n) is 10.7. The SMILES string of the molecule is CCCCCC/C=C\C/C=C\CCCCCCCCCC(=O)OCCCCCCCCCCCCCCCCCCCCCCCC(=O)NC(CO)C(O)/C=C/CCCCCCCCCCCCCCCCCCCC. The Morgan fingerprint density at radius 2 is 0.658 bits per heavy atom. The quantitative estimate of drug-likeness (QED) is 0.0320. The number of esters is 1. The number of nitrogens with one attached hydrogen (secondary N) is 1. The first-order chi connectivity index (χ1) is 37.5. The highest BCUT2D eigenvalue weighted by Crippen LogP contribution is 2.18. The monoisotopic (exact) mass is 1070 g/mol. The number of aliphatic hydroxyl groups is 2. The maximum absolute atomic E-state index is 12.5. The number of carbonyl (C=O) groups is 2. The third-order valence-corrected chi connectivity index (χ3v) is 15.9. The number of hydrogen-bond donors (Lipinski definition) is 3. The molecule has 1 amide bonds. The minimum atomic E-state index is -0.847. The smallest absolute Gasteiger partial charge is 0.305 e. The summed E-state index contributed by atoms with van der Waals surface area (Å²) in [7, 11) is 0. The van der Waals surface area contributed by atoms with Crippen molar-refractivity contribution in [3.8, 4) is 0 Å². The van der Waals surface area contributed by atoms with Crippen molar-refractivity contribution in [2.75, 3.05) is 13.2 Å². The van der Waals surface area contributed by atoms with Crippen LogP contribution in [-0.2, 0) is 14.3 Å². The number of aliphatic hydroxyl groups excluding tert-OH is 2. The Morgan fingerprint density at radius 1 is 0.368 bits per heavy atom. The van der Waals surface area contributed by atoms with Crippen LogP contribution in [0.1, 0.15) is 373 Å². The molecule has 0 aromatic carbocycles.